The smallest absolute Gasteiger partial charge is 0.263 e. The van der Waals surface area contributed by atoms with E-state index in [0.29, 0.717) is 16.6 Å². The first kappa shape index (κ1) is 18.9. The van der Waals surface area contributed by atoms with E-state index in [1.165, 1.54) is 41.8 Å². The van der Waals surface area contributed by atoms with Gasteiger partial charge in [0.25, 0.3) is 15.9 Å². The zero-order chi connectivity index (χ0) is 19.3. The molecule has 0 radical (unpaired) electrons. The average Bonchev–Trinajstić information content (AvgIpc) is 3.13. The van der Waals surface area contributed by atoms with Gasteiger partial charge in [-0.3, -0.25) is 9.52 Å². The second-order valence-corrected chi connectivity index (χ2v) is 8.20. The molecule has 1 amide bonds. The van der Waals surface area contributed by atoms with Gasteiger partial charge in [0, 0.05) is 17.3 Å². The largest absolute Gasteiger partial charge is 0.484 e. The van der Waals surface area contributed by atoms with E-state index in [2.05, 4.69) is 15.0 Å². The Morgan fingerprint density at radius 3 is 2.63 bits per heavy atom. The van der Waals surface area contributed by atoms with Gasteiger partial charge in [-0.25, -0.2) is 13.4 Å². The number of carbonyl (C=O) groups excluding carboxylic acids is 1. The predicted octanol–water partition coefficient (Wildman–Crippen LogP) is 3.27. The third-order valence-electron chi connectivity index (χ3n) is 3.46. The molecule has 0 unspecified atom stereocenters. The number of anilines is 2. The number of benzene rings is 2. The summed E-state index contributed by atoms with van der Waals surface area (Å²) in [6.07, 6.45) is 1.51. The van der Waals surface area contributed by atoms with Gasteiger partial charge in [-0.2, -0.15) is 0 Å². The molecule has 0 saturated carbocycles. The lowest BCUT2D eigenvalue weighted by atomic mass is 10.2. The van der Waals surface area contributed by atoms with Gasteiger partial charge in [0.1, 0.15) is 5.75 Å². The molecule has 0 aliphatic heterocycles. The summed E-state index contributed by atoms with van der Waals surface area (Å²) in [7, 11) is -3.72. The van der Waals surface area contributed by atoms with Crippen LogP contribution >= 0.6 is 11.3 Å². The van der Waals surface area contributed by atoms with E-state index < -0.39 is 10.0 Å². The standard InChI is InChI=1S/C18H17N3O4S2/c1-13-3-2-4-15(11-13)25-12-17(22)20-14-5-7-16(8-6-14)27(23,24)21-18-19-9-10-26-18/h2-11H,12H2,1H3,(H,19,21)(H,20,22). The molecule has 0 fully saturated rings. The molecule has 0 aliphatic carbocycles. The predicted molar refractivity (Wildman–Crippen MR) is 105 cm³/mol. The molecule has 1 aromatic heterocycles. The molecule has 2 N–H and O–H groups in total. The highest BCUT2D eigenvalue weighted by Crippen LogP contribution is 2.19. The van der Waals surface area contributed by atoms with Crippen LogP contribution in [0.5, 0.6) is 5.75 Å². The van der Waals surface area contributed by atoms with Gasteiger partial charge < -0.3 is 10.1 Å². The number of sulfonamides is 1. The van der Waals surface area contributed by atoms with Crippen LogP contribution in [-0.2, 0) is 14.8 Å². The Morgan fingerprint density at radius 1 is 1.19 bits per heavy atom. The lowest BCUT2D eigenvalue weighted by Crippen LogP contribution is -2.20. The fourth-order valence-electron chi connectivity index (χ4n) is 2.22. The highest BCUT2D eigenvalue weighted by molar-refractivity contribution is 7.93. The van der Waals surface area contributed by atoms with E-state index >= 15 is 0 Å². The molecule has 0 saturated heterocycles. The van der Waals surface area contributed by atoms with E-state index in [9.17, 15) is 13.2 Å². The van der Waals surface area contributed by atoms with Crippen LogP contribution in [0.4, 0.5) is 10.8 Å². The SMILES string of the molecule is Cc1cccc(OCC(=O)Nc2ccc(S(=O)(=O)Nc3nccs3)cc2)c1. The highest BCUT2D eigenvalue weighted by atomic mass is 32.2. The van der Waals surface area contributed by atoms with Crippen LogP contribution in [-0.4, -0.2) is 25.9 Å². The van der Waals surface area contributed by atoms with E-state index in [1.807, 2.05) is 25.1 Å². The summed E-state index contributed by atoms with van der Waals surface area (Å²) < 4.78 is 32.4. The number of ether oxygens (including phenoxy) is 1. The maximum absolute atomic E-state index is 12.3. The second kappa shape index (κ2) is 8.19. The van der Waals surface area contributed by atoms with Gasteiger partial charge in [-0.15, -0.1) is 11.3 Å². The molecule has 0 aliphatic rings. The summed E-state index contributed by atoms with van der Waals surface area (Å²) in [5, 5.41) is 4.63. The molecule has 3 aromatic rings. The maximum Gasteiger partial charge on any atom is 0.263 e. The van der Waals surface area contributed by atoms with Crippen molar-refractivity contribution in [1.29, 1.82) is 0 Å². The van der Waals surface area contributed by atoms with Crippen molar-refractivity contribution < 1.29 is 17.9 Å². The first-order chi connectivity index (χ1) is 12.9. The molecule has 3 rings (SSSR count). The first-order valence-electron chi connectivity index (χ1n) is 7.94. The number of hydrogen-bond acceptors (Lipinski definition) is 6. The first-order valence-corrected chi connectivity index (χ1v) is 10.3. The minimum absolute atomic E-state index is 0.0757. The topological polar surface area (TPSA) is 97.4 Å². The Bertz CT molecular complexity index is 1020. The Labute approximate surface area is 161 Å². The van der Waals surface area contributed by atoms with E-state index in [1.54, 1.807) is 11.4 Å². The minimum Gasteiger partial charge on any atom is -0.484 e. The second-order valence-electron chi connectivity index (χ2n) is 5.62. The number of nitrogens with one attached hydrogen (secondary N) is 2. The number of aromatic nitrogens is 1. The molecule has 9 heteroatoms. The van der Waals surface area contributed by atoms with Gasteiger partial charge in [0.2, 0.25) is 0 Å². The Kier molecular flexibility index (Phi) is 5.72. The Balaban J connectivity index is 1.57. The lowest BCUT2D eigenvalue weighted by molar-refractivity contribution is -0.118. The van der Waals surface area contributed by atoms with E-state index in [0.717, 1.165) is 5.56 Å². The molecule has 140 valence electrons. The summed E-state index contributed by atoms with van der Waals surface area (Å²) in [4.78, 5) is 16.0. The molecule has 27 heavy (non-hydrogen) atoms. The third kappa shape index (κ3) is 5.28. The number of hydrogen-bond donors (Lipinski definition) is 2. The number of thiazole rings is 1. The number of rotatable bonds is 7. The maximum atomic E-state index is 12.3. The Morgan fingerprint density at radius 2 is 1.96 bits per heavy atom. The van der Waals surface area contributed by atoms with Crippen LogP contribution in [0.15, 0.2) is 65.0 Å². The Hall–Kier alpha value is -2.91. The fraction of sp³-hybridized carbons (Fsp3) is 0.111. The van der Waals surface area contributed by atoms with E-state index in [4.69, 9.17) is 4.74 Å². The monoisotopic (exact) mass is 403 g/mol. The summed E-state index contributed by atoms with van der Waals surface area (Å²) >= 11 is 1.19. The quantitative estimate of drug-likeness (QED) is 0.631. The van der Waals surface area contributed by atoms with Crippen molar-refractivity contribution in [2.75, 3.05) is 16.6 Å². The summed E-state index contributed by atoms with van der Waals surface area (Å²) in [6, 6.07) is 13.2. The van der Waals surface area contributed by atoms with Gasteiger partial charge in [-0.1, -0.05) is 12.1 Å². The third-order valence-corrected chi connectivity index (χ3v) is 5.63. The van der Waals surface area contributed by atoms with Crippen molar-refractivity contribution in [1.82, 2.24) is 4.98 Å². The molecule has 0 spiro atoms. The average molecular weight is 403 g/mol. The number of aryl methyl sites for hydroxylation is 1. The normalized spacial score (nSPS) is 11.0. The molecule has 0 atom stereocenters. The van der Waals surface area contributed by atoms with Crippen LogP contribution in [0.25, 0.3) is 0 Å². The fourth-order valence-corrected chi connectivity index (χ4v) is 4.00. The van der Waals surface area contributed by atoms with Gasteiger partial charge >= 0.3 is 0 Å². The van der Waals surface area contributed by atoms with Gasteiger partial charge in [-0.05, 0) is 48.9 Å². The van der Waals surface area contributed by atoms with Crippen LogP contribution in [0.2, 0.25) is 0 Å². The molecular weight excluding hydrogens is 386 g/mol. The number of amides is 1. The zero-order valence-corrected chi connectivity index (χ0v) is 16.0. The summed E-state index contributed by atoms with van der Waals surface area (Å²) in [6.45, 7) is 1.79. The van der Waals surface area contributed by atoms with Crippen LogP contribution in [0.3, 0.4) is 0 Å². The molecule has 1 heterocycles. The zero-order valence-electron chi connectivity index (χ0n) is 14.4. The van der Waals surface area contributed by atoms with Crippen molar-refractivity contribution in [3.05, 3.63) is 65.7 Å². The van der Waals surface area contributed by atoms with Crippen molar-refractivity contribution in [2.45, 2.75) is 11.8 Å². The highest BCUT2D eigenvalue weighted by Gasteiger charge is 2.15. The lowest BCUT2D eigenvalue weighted by Gasteiger charge is -2.09. The molecule has 2 aromatic carbocycles. The van der Waals surface area contributed by atoms with Crippen molar-refractivity contribution in [3.63, 3.8) is 0 Å². The van der Waals surface area contributed by atoms with Crippen LogP contribution < -0.4 is 14.8 Å². The van der Waals surface area contributed by atoms with Gasteiger partial charge in [0.05, 0.1) is 4.90 Å². The van der Waals surface area contributed by atoms with Crippen LogP contribution in [0, 0.1) is 6.92 Å². The minimum atomic E-state index is -3.72. The van der Waals surface area contributed by atoms with Crippen molar-refractivity contribution in [2.24, 2.45) is 0 Å². The van der Waals surface area contributed by atoms with Crippen molar-refractivity contribution >= 4 is 38.1 Å². The summed E-state index contributed by atoms with van der Waals surface area (Å²) in [5.41, 5.74) is 1.51. The van der Waals surface area contributed by atoms with Gasteiger partial charge in [0.15, 0.2) is 11.7 Å². The molecule has 0 bridgehead atoms. The molecular formula is C18H17N3O4S2. The van der Waals surface area contributed by atoms with E-state index in [-0.39, 0.29) is 17.4 Å². The summed E-state index contributed by atoms with van der Waals surface area (Å²) in [5.74, 6) is 0.271. The number of carbonyl (C=O) groups is 1. The molecule has 7 nitrogen and oxygen atoms in total. The van der Waals surface area contributed by atoms with Crippen LogP contribution in [0.1, 0.15) is 5.56 Å². The number of nitrogens with zero attached hydrogens (tertiary/aromatic N) is 1. The van der Waals surface area contributed by atoms with Crippen molar-refractivity contribution in [3.8, 4) is 5.75 Å².